The summed E-state index contributed by atoms with van der Waals surface area (Å²) in [6, 6.07) is 10.2. The predicted molar refractivity (Wildman–Crippen MR) is 94.6 cm³/mol. The number of sulfonamides is 1. The Kier molecular flexibility index (Phi) is 5.03. The van der Waals surface area contributed by atoms with Crippen LogP contribution in [-0.2, 0) is 16.6 Å². The molecule has 1 aliphatic rings. The molecule has 0 amide bonds. The van der Waals surface area contributed by atoms with Crippen LogP contribution in [0.5, 0.6) is 0 Å². The molecule has 1 saturated heterocycles. The molecule has 0 unspecified atom stereocenters. The van der Waals surface area contributed by atoms with Crippen LogP contribution in [0.2, 0.25) is 0 Å². The number of hydrogen-bond donors (Lipinski definition) is 0. The van der Waals surface area contributed by atoms with Crippen molar-refractivity contribution >= 4 is 10.0 Å². The van der Waals surface area contributed by atoms with Gasteiger partial charge >= 0.3 is 0 Å². The summed E-state index contributed by atoms with van der Waals surface area (Å²) in [5.74, 6) is 1.14. The highest BCUT2D eigenvalue weighted by Crippen LogP contribution is 2.17. The fraction of sp³-hybridized carbons (Fsp3) is 0.471. The molecule has 6 nitrogen and oxygen atoms in total. The van der Waals surface area contributed by atoms with E-state index in [-0.39, 0.29) is 5.75 Å². The van der Waals surface area contributed by atoms with Crippen LogP contribution in [0.15, 0.2) is 36.5 Å². The van der Waals surface area contributed by atoms with Crippen LogP contribution in [0.25, 0.3) is 5.69 Å². The average molecular weight is 348 g/mol. The van der Waals surface area contributed by atoms with E-state index in [0.717, 1.165) is 36.8 Å². The monoisotopic (exact) mass is 348 g/mol. The van der Waals surface area contributed by atoms with Gasteiger partial charge in [-0.15, -0.1) is 0 Å². The second-order valence-electron chi connectivity index (χ2n) is 6.04. The highest BCUT2D eigenvalue weighted by molar-refractivity contribution is 7.89. The normalized spacial score (nSPS) is 17.2. The largest absolute Gasteiger partial charge is 0.300 e. The van der Waals surface area contributed by atoms with E-state index >= 15 is 0 Å². The SMILES string of the molecule is CCS(=O)(=O)N1CCN(Cc2cnc(C)n2-c2ccccc2)CC1. The zero-order valence-electron chi connectivity index (χ0n) is 14.2. The molecule has 130 valence electrons. The number of imidazole rings is 1. The minimum absolute atomic E-state index is 0.174. The van der Waals surface area contributed by atoms with Crippen LogP contribution in [0, 0.1) is 6.92 Å². The molecule has 0 spiro atoms. The predicted octanol–water partition coefficient (Wildman–Crippen LogP) is 1.65. The quantitative estimate of drug-likeness (QED) is 0.824. The van der Waals surface area contributed by atoms with Crippen molar-refractivity contribution in [3.63, 3.8) is 0 Å². The van der Waals surface area contributed by atoms with Crippen molar-refractivity contribution < 1.29 is 8.42 Å². The molecule has 3 rings (SSSR count). The maximum absolute atomic E-state index is 12.0. The van der Waals surface area contributed by atoms with Crippen LogP contribution in [0.3, 0.4) is 0 Å². The molecule has 1 aromatic heterocycles. The number of aryl methyl sites for hydroxylation is 1. The summed E-state index contributed by atoms with van der Waals surface area (Å²) in [7, 11) is -3.08. The van der Waals surface area contributed by atoms with Gasteiger partial charge in [-0.25, -0.2) is 13.4 Å². The number of piperazine rings is 1. The molecular weight excluding hydrogens is 324 g/mol. The Labute approximate surface area is 143 Å². The Balaban J connectivity index is 1.71. The Morgan fingerprint density at radius 1 is 1.08 bits per heavy atom. The third-order valence-corrected chi connectivity index (χ3v) is 6.38. The minimum Gasteiger partial charge on any atom is -0.300 e. The summed E-state index contributed by atoms with van der Waals surface area (Å²) < 4.78 is 27.7. The van der Waals surface area contributed by atoms with E-state index in [9.17, 15) is 8.42 Å². The van der Waals surface area contributed by atoms with Gasteiger partial charge < -0.3 is 0 Å². The first-order valence-corrected chi connectivity index (χ1v) is 9.91. The maximum Gasteiger partial charge on any atom is 0.213 e. The maximum atomic E-state index is 12.0. The number of para-hydroxylation sites is 1. The molecule has 0 saturated carbocycles. The molecule has 7 heteroatoms. The summed E-state index contributed by atoms with van der Waals surface area (Å²) in [5.41, 5.74) is 2.24. The summed E-state index contributed by atoms with van der Waals surface area (Å²) in [4.78, 5) is 6.75. The highest BCUT2D eigenvalue weighted by atomic mass is 32.2. The molecule has 2 aromatic rings. The zero-order valence-corrected chi connectivity index (χ0v) is 15.0. The molecule has 1 aliphatic heterocycles. The molecule has 1 aromatic carbocycles. The molecule has 1 fully saturated rings. The molecule has 0 aliphatic carbocycles. The smallest absolute Gasteiger partial charge is 0.213 e. The first kappa shape index (κ1) is 17.1. The fourth-order valence-electron chi connectivity index (χ4n) is 3.11. The molecule has 2 heterocycles. The molecule has 0 N–H and O–H groups in total. The van der Waals surface area contributed by atoms with Crippen molar-refractivity contribution in [2.24, 2.45) is 0 Å². The second kappa shape index (κ2) is 7.04. The van der Waals surface area contributed by atoms with Gasteiger partial charge in [0.25, 0.3) is 0 Å². The highest BCUT2D eigenvalue weighted by Gasteiger charge is 2.26. The molecule has 0 bridgehead atoms. The molecule has 0 atom stereocenters. The van der Waals surface area contributed by atoms with Crippen LogP contribution >= 0.6 is 0 Å². The van der Waals surface area contributed by atoms with Crippen LogP contribution in [0.1, 0.15) is 18.4 Å². The van der Waals surface area contributed by atoms with Crippen LogP contribution < -0.4 is 0 Å². The third-order valence-electron chi connectivity index (χ3n) is 4.50. The summed E-state index contributed by atoms with van der Waals surface area (Å²) in [5, 5.41) is 0. The second-order valence-corrected chi connectivity index (χ2v) is 8.30. The lowest BCUT2D eigenvalue weighted by atomic mass is 10.3. The van der Waals surface area contributed by atoms with Crippen LogP contribution in [-0.4, -0.2) is 59.1 Å². The first-order valence-electron chi connectivity index (χ1n) is 8.30. The molecule has 0 radical (unpaired) electrons. The van der Waals surface area contributed by atoms with Gasteiger partial charge in [0.05, 0.1) is 17.6 Å². The zero-order chi connectivity index (χ0) is 17.2. The third kappa shape index (κ3) is 3.53. The van der Waals surface area contributed by atoms with E-state index in [1.807, 2.05) is 31.3 Å². The summed E-state index contributed by atoms with van der Waals surface area (Å²) >= 11 is 0. The van der Waals surface area contributed by atoms with Crippen molar-refractivity contribution in [3.8, 4) is 5.69 Å². The van der Waals surface area contributed by atoms with Crippen molar-refractivity contribution in [1.82, 2.24) is 18.8 Å². The van der Waals surface area contributed by atoms with Gasteiger partial charge in [-0.05, 0) is 26.0 Å². The van der Waals surface area contributed by atoms with Gasteiger partial charge in [0, 0.05) is 38.4 Å². The number of aromatic nitrogens is 2. The van der Waals surface area contributed by atoms with Gasteiger partial charge in [0.1, 0.15) is 5.82 Å². The van der Waals surface area contributed by atoms with Crippen molar-refractivity contribution in [2.45, 2.75) is 20.4 Å². The van der Waals surface area contributed by atoms with Gasteiger partial charge in [-0.3, -0.25) is 9.47 Å². The van der Waals surface area contributed by atoms with E-state index in [0.29, 0.717) is 13.1 Å². The minimum atomic E-state index is -3.08. The average Bonchev–Trinajstić information content (AvgIpc) is 2.96. The number of hydrogen-bond acceptors (Lipinski definition) is 4. The van der Waals surface area contributed by atoms with E-state index in [1.165, 1.54) is 0 Å². The van der Waals surface area contributed by atoms with Gasteiger partial charge in [-0.1, -0.05) is 18.2 Å². The Morgan fingerprint density at radius 2 is 1.75 bits per heavy atom. The van der Waals surface area contributed by atoms with Gasteiger partial charge in [0.15, 0.2) is 0 Å². The first-order chi connectivity index (χ1) is 11.5. The van der Waals surface area contributed by atoms with Crippen molar-refractivity contribution in [3.05, 3.63) is 48.0 Å². The number of rotatable bonds is 5. The van der Waals surface area contributed by atoms with Crippen LogP contribution in [0.4, 0.5) is 0 Å². The standard InChI is InChI=1S/C17H24N4O2S/c1-3-24(22,23)20-11-9-19(10-12-20)14-17-13-18-15(2)21(17)16-7-5-4-6-8-16/h4-8,13H,3,9-12,14H2,1-2H3. The lowest BCUT2D eigenvalue weighted by Crippen LogP contribution is -2.48. The lowest BCUT2D eigenvalue weighted by Gasteiger charge is -2.33. The number of benzene rings is 1. The Morgan fingerprint density at radius 3 is 2.38 bits per heavy atom. The van der Waals surface area contributed by atoms with E-state index < -0.39 is 10.0 Å². The van der Waals surface area contributed by atoms with Gasteiger partial charge in [0.2, 0.25) is 10.0 Å². The summed E-state index contributed by atoms with van der Waals surface area (Å²) in [6.07, 6.45) is 1.91. The molecule has 24 heavy (non-hydrogen) atoms. The lowest BCUT2D eigenvalue weighted by molar-refractivity contribution is 0.179. The Hall–Kier alpha value is -1.70. The number of nitrogens with zero attached hydrogens (tertiary/aromatic N) is 4. The van der Waals surface area contributed by atoms with Gasteiger partial charge in [-0.2, -0.15) is 4.31 Å². The topological polar surface area (TPSA) is 58.4 Å². The van der Waals surface area contributed by atoms with E-state index in [4.69, 9.17) is 0 Å². The van der Waals surface area contributed by atoms with E-state index in [2.05, 4.69) is 26.6 Å². The molecular formula is C17H24N4O2S. The van der Waals surface area contributed by atoms with Crippen molar-refractivity contribution in [2.75, 3.05) is 31.9 Å². The Bertz CT molecular complexity index is 778. The summed E-state index contributed by atoms with van der Waals surface area (Å²) in [6.45, 7) is 7.10. The fourth-order valence-corrected chi connectivity index (χ4v) is 4.19. The van der Waals surface area contributed by atoms with Crippen molar-refractivity contribution in [1.29, 1.82) is 0 Å². The van der Waals surface area contributed by atoms with E-state index in [1.54, 1.807) is 11.2 Å².